The van der Waals surface area contributed by atoms with Crippen molar-refractivity contribution in [1.82, 2.24) is 15.1 Å². The fraction of sp³-hybridized carbons (Fsp3) is 0.667. The van der Waals surface area contributed by atoms with Crippen LogP contribution in [0.2, 0.25) is 0 Å². The van der Waals surface area contributed by atoms with Crippen molar-refractivity contribution in [2.45, 2.75) is 45.8 Å². The summed E-state index contributed by atoms with van der Waals surface area (Å²) in [6.45, 7) is 8.70. The number of carbonyl (C=O) groups is 1. The second-order valence-electron chi connectivity index (χ2n) is 5.44. The lowest BCUT2D eigenvalue weighted by Crippen LogP contribution is -2.57. The summed E-state index contributed by atoms with van der Waals surface area (Å²) in [4.78, 5) is 12.1. The summed E-state index contributed by atoms with van der Waals surface area (Å²) in [5.74, 6) is -0.220. The molecule has 0 aliphatic carbocycles. The van der Waals surface area contributed by atoms with Crippen molar-refractivity contribution in [2.75, 3.05) is 0 Å². The molecule has 96 valence electrons. The maximum Gasteiger partial charge on any atom is 0.255 e. The Morgan fingerprint density at radius 1 is 1.41 bits per heavy atom. The summed E-state index contributed by atoms with van der Waals surface area (Å²) >= 11 is 0. The fourth-order valence-electron chi connectivity index (χ4n) is 1.33. The first kappa shape index (κ1) is 13.7. The molecular formula is C12H21N3O2. The maximum absolute atomic E-state index is 12.1. The first-order valence-corrected chi connectivity index (χ1v) is 5.60. The zero-order valence-corrected chi connectivity index (χ0v) is 11.3. The third kappa shape index (κ3) is 2.85. The molecule has 1 aromatic rings. The number of rotatable bonds is 3. The van der Waals surface area contributed by atoms with Gasteiger partial charge in [-0.25, -0.2) is 0 Å². The van der Waals surface area contributed by atoms with E-state index in [0.717, 1.165) is 0 Å². The molecule has 0 bridgehead atoms. The van der Waals surface area contributed by atoms with Crippen LogP contribution < -0.4 is 5.32 Å². The molecule has 0 spiro atoms. The van der Waals surface area contributed by atoms with E-state index in [4.69, 9.17) is 0 Å². The van der Waals surface area contributed by atoms with E-state index in [1.165, 1.54) is 0 Å². The normalized spacial score (nSPS) is 12.6. The van der Waals surface area contributed by atoms with E-state index >= 15 is 0 Å². The van der Waals surface area contributed by atoms with Crippen molar-refractivity contribution < 1.29 is 9.90 Å². The highest BCUT2D eigenvalue weighted by Crippen LogP contribution is 2.21. The molecule has 2 N–H and O–H groups in total. The number of amides is 1. The van der Waals surface area contributed by atoms with E-state index < -0.39 is 11.1 Å². The Morgan fingerprint density at radius 2 is 1.94 bits per heavy atom. The van der Waals surface area contributed by atoms with Crippen molar-refractivity contribution in [3.8, 4) is 0 Å². The molecule has 1 aromatic heterocycles. The molecule has 0 aliphatic heterocycles. The molecule has 17 heavy (non-hydrogen) atoms. The summed E-state index contributed by atoms with van der Waals surface area (Å²) in [5, 5.41) is 16.9. The zero-order valence-electron chi connectivity index (χ0n) is 11.3. The van der Waals surface area contributed by atoms with E-state index in [2.05, 4.69) is 10.4 Å². The Morgan fingerprint density at radius 3 is 2.29 bits per heavy atom. The second-order valence-corrected chi connectivity index (χ2v) is 5.44. The van der Waals surface area contributed by atoms with Crippen LogP contribution >= 0.6 is 0 Å². The number of carbonyl (C=O) groups excluding carboxylic acids is 1. The standard InChI is InChI=1S/C12H21N3O2/c1-8-9(7-15(6)14-8)10(16)13-11(2,3)12(4,5)17/h7,17H,1-6H3,(H,13,16). The molecule has 1 amide bonds. The first-order valence-electron chi connectivity index (χ1n) is 5.60. The van der Waals surface area contributed by atoms with Crippen LogP contribution in [0.15, 0.2) is 6.20 Å². The summed E-state index contributed by atoms with van der Waals surface area (Å²) in [5.41, 5.74) is -0.508. The molecular weight excluding hydrogens is 218 g/mol. The monoisotopic (exact) mass is 239 g/mol. The van der Waals surface area contributed by atoms with Gasteiger partial charge in [0.2, 0.25) is 0 Å². The highest BCUT2D eigenvalue weighted by Gasteiger charge is 2.36. The van der Waals surface area contributed by atoms with Gasteiger partial charge in [0.05, 0.1) is 22.4 Å². The quantitative estimate of drug-likeness (QED) is 0.827. The van der Waals surface area contributed by atoms with E-state index in [1.54, 1.807) is 52.5 Å². The van der Waals surface area contributed by atoms with Gasteiger partial charge in [-0.3, -0.25) is 9.48 Å². The minimum atomic E-state index is -1.00. The van der Waals surface area contributed by atoms with E-state index in [0.29, 0.717) is 11.3 Å². The summed E-state index contributed by atoms with van der Waals surface area (Å²) < 4.78 is 1.60. The predicted octanol–water partition coefficient (Wildman–Crippen LogP) is 1.01. The molecule has 5 heteroatoms. The van der Waals surface area contributed by atoms with Crippen LogP contribution in [0.1, 0.15) is 43.7 Å². The van der Waals surface area contributed by atoms with Gasteiger partial charge >= 0.3 is 0 Å². The highest BCUT2D eigenvalue weighted by atomic mass is 16.3. The minimum absolute atomic E-state index is 0.220. The smallest absolute Gasteiger partial charge is 0.255 e. The molecule has 0 aliphatic rings. The van der Waals surface area contributed by atoms with Crippen molar-refractivity contribution in [2.24, 2.45) is 7.05 Å². The summed E-state index contributed by atoms with van der Waals surface area (Å²) in [6, 6.07) is 0. The average Bonchev–Trinajstić information content (AvgIpc) is 2.42. The van der Waals surface area contributed by atoms with Gasteiger partial charge in [-0.2, -0.15) is 5.10 Å². The van der Waals surface area contributed by atoms with Crippen LogP contribution in [0.4, 0.5) is 0 Å². The van der Waals surface area contributed by atoms with Crippen LogP contribution in [0.5, 0.6) is 0 Å². The number of nitrogens with zero attached hydrogens (tertiary/aromatic N) is 2. The molecule has 1 heterocycles. The van der Waals surface area contributed by atoms with Crippen molar-refractivity contribution in [3.05, 3.63) is 17.5 Å². The van der Waals surface area contributed by atoms with Gasteiger partial charge < -0.3 is 10.4 Å². The lowest BCUT2D eigenvalue weighted by atomic mass is 9.86. The van der Waals surface area contributed by atoms with E-state index in [-0.39, 0.29) is 5.91 Å². The van der Waals surface area contributed by atoms with Crippen LogP contribution in [-0.4, -0.2) is 31.9 Å². The van der Waals surface area contributed by atoms with Crippen LogP contribution in [0, 0.1) is 6.92 Å². The van der Waals surface area contributed by atoms with Gasteiger partial charge in [0.25, 0.3) is 5.91 Å². The maximum atomic E-state index is 12.1. The van der Waals surface area contributed by atoms with Gasteiger partial charge in [0, 0.05) is 13.2 Å². The Bertz CT molecular complexity index is 427. The van der Waals surface area contributed by atoms with Gasteiger partial charge in [-0.05, 0) is 34.6 Å². The Balaban J connectivity index is 2.91. The highest BCUT2D eigenvalue weighted by molar-refractivity contribution is 5.95. The van der Waals surface area contributed by atoms with Crippen LogP contribution in [0.3, 0.4) is 0 Å². The Kier molecular flexibility index (Phi) is 3.34. The van der Waals surface area contributed by atoms with Gasteiger partial charge in [0.15, 0.2) is 0 Å². The number of nitrogens with one attached hydrogen (secondary N) is 1. The average molecular weight is 239 g/mol. The number of aliphatic hydroxyl groups is 1. The SMILES string of the molecule is Cc1nn(C)cc1C(=O)NC(C)(C)C(C)(C)O. The molecule has 0 aromatic carbocycles. The van der Waals surface area contributed by atoms with Crippen LogP contribution in [-0.2, 0) is 7.05 Å². The third-order valence-corrected chi connectivity index (χ3v) is 3.21. The lowest BCUT2D eigenvalue weighted by molar-refractivity contribution is -0.00294. The molecule has 5 nitrogen and oxygen atoms in total. The Hall–Kier alpha value is -1.36. The van der Waals surface area contributed by atoms with Crippen molar-refractivity contribution in [1.29, 1.82) is 0 Å². The number of aromatic nitrogens is 2. The van der Waals surface area contributed by atoms with Gasteiger partial charge in [-0.15, -0.1) is 0 Å². The molecule has 0 radical (unpaired) electrons. The third-order valence-electron chi connectivity index (χ3n) is 3.21. The fourth-order valence-corrected chi connectivity index (χ4v) is 1.33. The van der Waals surface area contributed by atoms with E-state index in [9.17, 15) is 9.90 Å². The summed E-state index contributed by atoms with van der Waals surface area (Å²) in [7, 11) is 1.77. The van der Waals surface area contributed by atoms with E-state index in [1.807, 2.05) is 0 Å². The Labute approximate surface area is 102 Å². The molecule has 0 fully saturated rings. The number of hydrogen-bond acceptors (Lipinski definition) is 3. The van der Waals surface area contributed by atoms with Gasteiger partial charge in [-0.1, -0.05) is 0 Å². The second kappa shape index (κ2) is 4.14. The molecule has 0 unspecified atom stereocenters. The van der Waals surface area contributed by atoms with Crippen LogP contribution in [0.25, 0.3) is 0 Å². The zero-order chi connectivity index (χ0) is 13.4. The number of aryl methyl sites for hydroxylation is 2. The largest absolute Gasteiger partial charge is 0.388 e. The molecule has 0 saturated heterocycles. The minimum Gasteiger partial charge on any atom is -0.388 e. The predicted molar refractivity (Wildman–Crippen MR) is 65.8 cm³/mol. The first-order chi connectivity index (χ1) is 7.54. The summed E-state index contributed by atoms with van der Waals surface area (Å²) in [6.07, 6.45) is 1.67. The van der Waals surface area contributed by atoms with Crippen molar-refractivity contribution in [3.63, 3.8) is 0 Å². The lowest BCUT2D eigenvalue weighted by Gasteiger charge is -2.37. The molecule has 0 atom stereocenters. The molecule has 1 rings (SSSR count). The van der Waals surface area contributed by atoms with Gasteiger partial charge in [0.1, 0.15) is 0 Å². The number of hydrogen-bond donors (Lipinski definition) is 2. The topological polar surface area (TPSA) is 67.2 Å². The molecule has 0 saturated carbocycles. The van der Waals surface area contributed by atoms with Crippen molar-refractivity contribution >= 4 is 5.91 Å².